The number of benzene rings is 1. The second-order valence-corrected chi connectivity index (χ2v) is 5.94. The molecule has 1 aliphatic heterocycles. The monoisotopic (exact) mass is 327 g/mol. The van der Waals surface area contributed by atoms with Gasteiger partial charge in [-0.1, -0.05) is 18.2 Å². The summed E-state index contributed by atoms with van der Waals surface area (Å²) in [6.07, 6.45) is 5.11. The number of nitrogens with two attached hydrogens (primary N) is 1. The Balaban J connectivity index is 1.46. The van der Waals surface area contributed by atoms with Crippen LogP contribution in [0.2, 0.25) is 0 Å². The summed E-state index contributed by atoms with van der Waals surface area (Å²) in [6, 6.07) is 9.72. The zero-order chi connectivity index (χ0) is 16.9. The van der Waals surface area contributed by atoms with Gasteiger partial charge in [-0.2, -0.15) is 5.10 Å². The third kappa shape index (κ3) is 3.73. The highest BCUT2D eigenvalue weighted by molar-refractivity contribution is 5.80. The maximum absolute atomic E-state index is 12.1. The van der Waals surface area contributed by atoms with Gasteiger partial charge >= 0.3 is 6.03 Å². The summed E-state index contributed by atoms with van der Waals surface area (Å²) < 4.78 is 1.81. The minimum Gasteiger partial charge on any atom is -0.369 e. The predicted molar refractivity (Wildman–Crippen MR) is 89.5 cm³/mol. The Kier molecular flexibility index (Phi) is 4.79. The highest BCUT2D eigenvalue weighted by Crippen LogP contribution is 2.15. The third-order valence-corrected chi connectivity index (χ3v) is 4.22. The molecule has 0 bridgehead atoms. The second kappa shape index (κ2) is 7.16. The first kappa shape index (κ1) is 16.0. The number of nitrogens with zero attached hydrogens (tertiary/aromatic N) is 3. The fourth-order valence-corrected chi connectivity index (χ4v) is 2.81. The maximum Gasteiger partial charge on any atom is 0.317 e. The van der Waals surface area contributed by atoms with E-state index < -0.39 is 0 Å². The molecule has 1 aliphatic rings. The van der Waals surface area contributed by atoms with E-state index in [0.717, 1.165) is 11.3 Å². The van der Waals surface area contributed by atoms with E-state index in [-0.39, 0.29) is 17.9 Å². The summed E-state index contributed by atoms with van der Waals surface area (Å²) in [5.41, 5.74) is 7.33. The molecule has 1 fully saturated rings. The molecule has 3 amide bonds. The first-order valence-corrected chi connectivity index (χ1v) is 8.04. The first-order chi connectivity index (χ1) is 11.6. The summed E-state index contributed by atoms with van der Waals surface area (Å²) in [4.78, 5) is 24.9. The van der Waals surface area contributed by atoms with E-state index in [1.54, 1.807) is 11.1 Å². The van der Waals surface area contributed by atoms with Gasteiger partial charge in [-0.05, 0) is 30.5 Å². The fraction of sp³-hybridized carbons (Fsp3) is 0.353. The summed E-state index contributed by atoms with van der Waals surface area (Å²) in [5.74, 6) is -0.557. The smallest absolute Gasteiger partial charge is 0.317 e. The molecule has 1 aromatic carbocycles. The molecule has 3 N–H and O–H groups in total. The van der Waals surface area contributed by atoms with Crippen LogP contribution in [0.3, 0.4) is 0 Å². The minimum atomic E-state index is -0.335. The van der Waals surface area contributed by atoms with E-state index in [1.165, 1.54) is 0 Å². The van der Waals surface area contributed by atoms with Crippen molar-refractivity contribution < 1.29 is 9.59 Å². The second-order valence-electron chi connectivity index (χ2n) is 5.94. The number of rotatable bonds is 5. The zero-order valence-electron chi connectivity index (χ0n) is 13.4. The van der Waals surface area contributed by atoms with Crippen LogP contribution in [0.5, 0.6) is 0 Å². The average Bonchev–Trinajstić information content (AvgIpc) is 3.25. The van der Waals surface area contributed by atoms with E-state index in [0.29, 0.717) is 32.5 Å². The molecule has 7 heteroatoms. The van der Waals surface area contributed by atoms with E-state index in [4.69, 9.17) is 5.73 Å². The van der Waals surface area contributed by atoms with Gasteiger partial charge in [0.1, 0.15) is 0 Å². The van der Waals surface area contributed by atoms with Crippen LogP contribution in [0, 0.1) is 5.92 Å². The molecule has 1 unspecified atom stereocenters. The predicted octanol–water partition coefficient (Wildman–Crippen LogP) is 0.932. The number of urea groups is 1. The van der Waals surface area contributed by atoms with E-state index in [2.05, 4.69) is 10.4 Å². The Hall–Kier alpha value is -2.83. The van der Waals surface area contributed by atoms with Crippen LogP contribution >= 0.6 is 0 Å². The Bertz CT molecular complexity index is 713. The number of hydrogen-bond acceptors (Lipinski definition) is 3. The van der Waals surface area contributed by atoms with Crippen LogP contribution < -0.4 is 11.1 Å². The molecule has 3 rings (SSSR count). The molecular formula is C17H21N5O2. The van der Waals surface area contributed by atoms with Crippen molar-refractivity contribution >= 4 is 11.9 Å². The van der Waals surface area contributed by atoms with Crippen molar-refractivity contribution in [1.82, 2.24) is 20.0 Å². The van der Waals surface area contributed by atoms with Crippen molar-refractivity contribution in [1.29, 1.82) is 0 Å². The Morgan fingerprint density at radius 1 is 1.29 bits per heavy atom. The van der Waals surface area contributed by atoms with Gasteiger partial charge in [-0.3, -0.25) is 4.79 Å². The van der Waals surface area contributed by atoms with Gasteiger partial charge in [0.25, 0.3) is 0 Å². The quantitative estimate of drug-likeness (QED) is 0.855. The molecule has 0 saturated carbocycles. The van der Waals surface area contributed by atoms with Crippen molar-refractivity contribution in [2.24, 2.45) is 11.7 Å². The number of amides is 3. The number of carbonyl (C=O) groups is 2. The van der Waals surface area contributed by atoms with Gasteiger partial charge in [0.05, 0.1) is 17.8 Å². The Morgan fingerprint density at radius 3 is 2.79 bits per heavy atom. The lowest BCUT2D eigenvalue weighted by Gasteiger charge is -2.16. The largest absolute Gasteiger partial charge is 0.369 e. The van der Waals surface area contributed by atoms with Crippen molar-refractivity contribution in [2.45, 2.75) is 12.8 Å². The van der Waals surface area contributed by atoms with Crippen molar-refractivity contribution in [2.75, 3.05) is 19.6 Å². The van der Waals surface area contributed by atoms with Crippen LogP contribution in [-0.2, 0) is 11.2 Å². The van der Waals surface area contributed by atoms with Gasteiger partial charge in [0, 0.05) is 25.8 Å². The van der Waals surface area contributed by atoms with Crippen LogP contribution in [0.15, 0.2) is 42.7 Å². The summed E-state index contributed by atoms with van der Waals surface area (Å²) in [6.45, 7) is 1.51. The maximum atomic E-state index is 12.1. The van der Waals surface area contributed by atoms with E-state index in [1.807, 2.05) is 41.2 Å². The Morgan fingerprint density at radius 2 is 2.08 bits per heavy atom. The van der Waals surface area contributed by atoms with Crippen molar-refractivity contribution in [3.05, 3.63) is 48.3 Å². The topological polar surface area (TPSA) is 93.2 Å². The molecule has 2 heterocycles. The lowest BCUT2D eigenvalue weighted by atomic mass is 10.1. The molecule has 2 aromatic rings. The highest BCUT2D eigenvalue weighted by Gasteiger charge is 2.29. The SMILES string of the molecule is NC(=O)C1CCN(C(=O)NCCc2cnn(-c3ccccc3)c2)C1. The third-order valence-electron chi connectivity index (χ3n) is 4.22. The summed E-state index contributed by atoms with van der Waals surface area (Å²) in [7, 11) is 0. The summed E-state index contributed by atoms with van der Waals surface area (Å²) in [5, 5.41) is 7.21. The van der Waals surface area contributed by atoms with Crippen LogP contribution in [0.25, 0.3) is 5.69 Å². The van der Waals surface area contributed by atoms with Crippen LogP contribution in [0.1, 0.15) is 12.0 Å². The van der Waals surface area contributed by atoms with Gasteiger partial charge < -0.3 is 16.0 Å². The van der Waals surface area contributed by atoms with Crippen LogP contribution in [-0.4, -0.2) is 46.3 Å². The molecular weight excluding hydrogens is 306 g/mol. The molecule has 1 atom stereocenters. The molecule has 0 aliphatic carbocycles. The number of nitrogens with one attached hydrogen (secondary N) is 1. The number of carbonyl (C=O) groups excluding carboxylic acids is 2. The molecule has 0 spiro atoms. The Labute approximate surface area is 140 Å². The molecule has 1 aromatic heterocycles. The standard InChI is InChI=1S/C17H21N5O2/c18-16(23)14-7-9-21(12-14)17(24)19-8-6-13-10-20-22(11-13)15-4-2-1-3-5-15/h1-5,10-11,14H,6-9,12H2,(H2,18,23)(H,19,24). The first-order valence-electron chi connectivity index (χ1n) is 8.04. The van der Waals surface area contributed by atoms with Gasteiger partial charge in [0.15, 0.2) is 0 Å². The average molecular weight is 327 g/mol. The van der Waals surface area contributed by atoms with Gasteiger partial charge in [-0.25, -0.2) is 9.48 Å². The zero-order valence-corrected chi connectivity index (χ0v) is 13.4. The van der Waals surface area contributed by atoms with E-state index in [9.17, 15) is 9.59 Å². The summed E-state index contributed by atoms with van der Waals surface area (Å²) >= 11 is 0. The van der Waals surface area contributed by atoms with E-state index >= 15 is 0 Å². The minimum absolute atomic E-state index is 0.144. The normalized spacial score (nSPS) is 17.0. The molecule has 126 valence electrons. The number of likely N-dealkylation sites (tertiary alicyclic amines) is 1. The van der Waals surface area contributed by atoms with Gasteiger partial charge in [0.2, 0.25) is 5.91 Å². The number of para-hydroxylation sites is 1. The number of hydrogen-bond donors (Lipinski definition) is 2. The molecule has 0 radical (unpaired) electrons. The molecule has 24 heavy (non-hydrogen) atoms. The lowest BCUT2D eigenvalue weighted by molar-refractivity contribution is -0.121. The van der Waals surface area contributed by atoms with Gasteiger partial charge in [-0.15, -0.1) is 0 Å². The lowest BCUT2D eigenvalue weighted by Crippen LogP contribution is -2.40. The van der Waals surface area contributed by atoms with Crippen molar-refractivity contribution in [3.8, 4) is 5.69 Å². The number of aromatic nitrogens is 2. The van der Waals surface area contributed by atoms with Crippen molar-refractivity contribution in [3.63, 3.8) is 0 Å². The van der Waals surface area contributed by atoms with Crippen LogP contribution in [0.4, 0.5) is 4.79 Å². The number of primary amides is 1. The highest BCUT2D eigenvalue weighted by atomic mass is 16.2. The molecule has 1 saturated heterocycles. The fourth-order valence-electron chi connectivity index (χ4n) is 2.81. The molecule has 7 nitrogen and oxygen atoms in total.